The zero-order valence-electron chi connectivity index (χ0n) is 19.1. The van der Waals surface area contributed by atoms with Crippen LogP contribution in [0.15, 0.2) is 64.0 Å². The number of para-hydroxylation sites is 2. The molecule has 1 aliphatic rings. The van der Waals surface area contributed by atoms with Crippen LogP contribution in [0.4, 0.5) is 5.69 Å². The molecule has 6 heteroatoms. The number of furan rings is 1. The number of nitrogens with zero attached hydrogens (tertiary/aromatic N) is 1. The molecule has 0 fully saturated rings. The summed E-state index contributed by atoms with van der Waals surface area (Å²) >= 11 is 0. The van der Waals surface area contributed by atoms with Gasteiger partial charge in [0.2, 0.25) is 6.79 Å². The van der Waals surface area contributed by atoms with E-state index in [0.29, 0.717) is 12.4 Å². The summed E-state index contributed by atoms with van der Waals surface area (Å²) in [5, 5.41) is 2.59. The zero-order valence-corrected chi connectivity index (χ0v) is 19.1. The van der Waals surface area contributed by atoms with Gasteiger partial charge in [0.25, 0.3) is 0 Å². The van der Waals surface area contributed by atoms with Crippen molar-refractivity contribution in [2.75, 3.05) is 20.5 Å². The first-order valence-electron chi connectivity index (χ1n) is 10.9. The molecular weight excluding hydrogens is 418 g/mol. The van der Waals surface area contributed by atoms with Crippen LogP contribution in [-0.2, 0) is 0 Å². The highest BCUT2D eigenvalue weighted by molar-refractivity contribution is 5.93. The Balaban J connectivity index is 1.87. The first kappa shape index (κ1) is 20.9. The lowest BCUT2D eigenvalue weighted by Crippen LogP contribution is -2.00. The van der Waals surface area contributed by atoms with Crippen molar-refractivity contribution in [2.45, 2.75) is 20.8 Å². The van der Waals surface area contributed by atoms with Crippen LogP contribution in [-0.4, -0.2) is 20.5 Å². The van der Waals surface area contributed by atoms with Gasteiger partial charge in [-0.2, -0.15) is 0 Å². The van der Waals surface area contributed by atoms with Gasteiger partial charge in [0, 0.05) is 0 Å². The summed E-state index contributed by atoms with van der Waals surface area (Å²) in [6, 6.07) is 17.7. The van der Waals surface area contributed by atoms with Crippen LogP contribution in [0.25, 0.3) is 21.9 Å². The van der Waals surface area contributed by atoms with E-state index in [4.69, 9.17) is 28.4 Å². The summed E-state index contributed by atoms with van der Waals surface area (Å²) in [6.07, 6.45) is 0. The number of aryl methyl sites for hydroxylation is 2. The molecule has 6 nitrogen and oxygen atoms in total. The molecule has 0 aliphatic carbocycles. The highest BCUT2D eigenvalue weighted by Gasteiger charge is 2.18. The number of methoxy groups -OCH3 is 1. The average molecular weight is 443 g/mol. The van der Waals surface area contributed by atoms with Crippen LogP contribution in [0.1, 0.15) is 18.4 Å². The number of hydrogen-bond donors (Lipinski definition) is 0. The molecule has 3 aromatic carbocycles. The Labute approximate surface area is 192 Å². The van der Waals surface area contributed by atoms with Gasteiger partial charge in [-0.3, -0.25) is 0 Å². The summed E-state index contributed by atoms with van der Waals surface area (Å²) in [5.41, 5.74) is 2.65. The number of benzene rings is 2. The molecule has 0 spiro atoms. The minimum Gasteiger partial charge on any atom is -0.494 e. The predicted molar refractivity (Wildman–Crippen MR) is 127 cm³/mol. The molecule has 4 aromatic rings. The second-order valence-corrected chi connectivity index (χ2v) is 7.74. The molecule has 1 aliphatic heterocycles. The standard InChI is InChI=1S/C27H25NO5/c1-5-30-25-14-19(18-10-11-23-24(13-18)32-15-31-23)12-21(26-16(2)33-17(3)27(25)26)28-20-8-6-7-9-22(20)29-4/h6-14H,5,15H2,1-4H3. The van der Waals surface area contributed by atoms with Crippen LogP contribution in [0.3, 0.4) is 0 Å². The number of ether oxygens (including phenoxy) is 4. The van der Waals surface area contributed by atoms with E-state index in [1.165, 1.54) is 0 Å². The van der Waals surface area contributed by atoms with Crippen LogP contribution < -0.4 is 24.3 Å². The minimum atomic E-state index is 0.230. The van der Waals surface area contributed by atoms with Crippen molar-refractivity contribution in [3.05, 3.63) is 71.5 Å². The second kappa shape index (κ2) is 8.54. The monoisotopic (exact) mass is 443 g/mol. The van der Waals surface area contributed by atoms with Gasteiger partial charge in [0.1, 0.15) is 28.7 Å². The van der Waals surface area contributed by atoms with Crippen molar-refractivity contribution in [2.24, 2.45) is 4.99 Å². The van der Waals surface area contributed by atoms with E-state index in [2.05, 4.69) is 6.07 Å². The summed E-state index contributed by atoms with van der Waals surface area (Å²) in [5.74, 6) is 4.48. The molecule has 0 amide bonds. The molecule has 0 bridgehead atoms. The maximum atomic E-state index is 6.10. The van der Waals surface area contributed by atoms with Crippen molar-refractivity contribution in [1.82, 2.24) is 0 Å². The van der Waals surface area contributed by atoms with E-state index in [1.54, 1.807) is 7.11 Å². The third kappa shape index (κ3) is 3.78. The molecule has 0 radical (unpaired) electrons. The first-order valence-corrected chi connectivity index (χ1v) is 10.9. The fraction of sp³-hybridized carbons (Fsp3) is 0.222. The van der Waals surface area contributed by atoms with Gasteiger partial charge in [-0.05, 0) is 68.3 Å². The third-order valence-electron chi connectivity index (χ3n) is 5.67. The van der Waals surface area contributed by atoms with E-state index in [-0.39, 0.29) is 6.79 Å². The second-order valence-electron chi connectivity index (χ2n) is 7.74. The van der Waals surface area contributed by atoms with Gasteiger partial charge < -0.3 is 23.4 Å². The van der Waals surface area contributed by atoms with E-state index >= 15 is 0 Å². The molecule has 2 heterocycles. The van der Waals surface area contributed by atoms with Gasteiger partial charge >= 0.3 is 0 Å². The molecule has 33 heavy (non-hydrogen) atoms. The Bertz CT molecular complexity index is 1420. The first-order chi connectivity index (χ1) is 16.1. The average Bonchev–Trinajstić information content (AvgIpc) is 3.35. The Hall–Kier alpha value is -3.93. The Morgan fingerprint density at radius 2 is 1.64 bits per heavy atom. The third-order valence-corrected chi connectivity index (χ3v) is 5.67. The van der Waals surface area contributed by atoms with Crippen LogP contribution in [0.5, 0.6) is 23.0 Å². The lowest BCUT2D eigenvalue weighted by Gasteiger charge is -2.05. The van der Waals surface area contributed by atoms with Gasteiger partial charge in [-0.1, -0.05) is 18.2 Å². The Morgan fingerprint density at radius 1 is 0.848 bits per heavy atom. The minimum absolute atomic E-state index is 0.230. The smallest absolute Gasteiger partial charge is 0.231 e. The summed E-state index contributed by atoms with van der Waals surface area (Å²) in [6.45, 7) is 6.63. The van der Waals surface area contributed by atoms with Crippen molar-refractivity contribution in [3.8, 4) is 34.1 Å². The topological polar surface area (TPSA) is 62.4 Å². The normalized spacial score (nSPS) is 12.9. The van der Waals surface area contributed by atoms with Gasteiger partial charge in [0.05, 0.1) is 29.8 Å². The molecule has 0 unspecified atom stereocenters. The van der Waals surface area contributed by atoms with Crippen LogP contribution in [0.2, 0.25) is 0 Å². The molecule has 0 saturated carbocycles. The van der Waals surface area contributed by atoms with E-state index in [9.17, 15) is 0 Å². The van der Waals surface area contributed by atoms with Gasteiger partial charge in [0.15, 0.2) is 11.5 Å². The van der Waals surface area contributed by atoms with E-state index < -0.39 is 0 Å². The quantitative estimate of drug-likeness (QED) is 0.374. The highest BCUT2D eigenvalue weighted by Crippen LogP contribution is 2.38. The Morgan fingerprint density at radius 3 is 2.45 bits per heavy atom. The fourth-order valence-electron chi connectivity index (χ4n) is 4.22. The number of hydrogen-bond acceptors (Lipinski definition) is 6. The molecule has 1 aromatic heterocycles. The number of fused-ring (bicyclic) bond motifs is 2. The lowest BCUT2D eigenvalue weighted by molar-refractivity contribution is 0.174. The van der Waals surface area contributed by atoms with E-state index in [0.717, 1.165) is 61.7 Å². The van der Waals surface area contributed by atoms with E-state index in [1.807, 2.05) is 69.3 Å². The molecule has 5 rings (SSSR count). The Kier molecular flexibility index (Phi) is 5.42. The van der Waals surface area contributed by atoms with Crippen molar-refractivity contribution in [1.29, 1.82) is 0 Å². The summed E-state index contributed by atoms with van der Waals surface area (Å²) in [7, 11) is 1.65. The zero-order chi connectivity index (χ0) is 22.9. The highest BCUT2D eigenvalue weighted by atomic mass is 16.7. The van der Waals surface area contributed by atoms with Crippen LogP contribution in [0, 0.1) is 13.8 Å². The maximum absolute atomic E-state index is 6.10. The molecular formula is C27H25NO5. The van der Waals surface area contributed by atoms with Crippen molar-refractivity contribution < 1.29 is 23.4 Å². The molecule has 168 valence electrons. The lowest BCUT2D eigenvalue weighted by atomic mass is 10.1. The number of rotatable bonds is 5. The molecule has 0 N–H and O–H groups in total. The maximum Gasteiger partial charge on any atom is 0.231 e. The summed E-state index contributed by atoms with van der Waals surface area (Å²) < 4.78 is 28.8. The predicted octanol–water partition coefficient (Wildman–Crippen LogP) is 6.09. The van der Waals surface area contributed by atoms with Crippen molar-refractivity contribution >= 4 is 16.5 Å². The molecule has 0 saturated heterocycles. The van der Waals surface area contributed by atoms with Gasteiger partial charge in [-0.25, -0.2) is 4.99 Å². The fourth-order valence-corrected chi connectivity index (χ4v) is 4.22. The SMILES string of the molecule is CCOc1cc(-c2ccc3c(c2)OCO3)cc(=Nc2ccccc2OC)c2c(C)oc(C)c12. The van der Waals surface area contributed by atoms with Gasteiger partial charge in [-0.15, -0.1) is 0 Å². The largest absolute Gasteiger partial charge is 0.494 e. The van der Waals surface area contributed by atoms with Crippen molar-refractivity contribution in [3.63, 3.8) is 0 Å². The summed E-state index contributed by atoms with van der Waals surface area (Å²) in [4.78, 5) is 5.02. The van der Waals surface area contributed by atoms with Crippen LogP contribution >= 0.6 is 0 Å². The molecule has 0 atom stereocenters.